The topological polar surface area (TPSA) is 44.1 Å². The van der Waals surface area contributed by atoms with Gasteiger partial charge in [-0.1, -0.05) is 18.5 Å². The van der Waals surface area contributed by atoms with Gasteiger partial charge < -0.3 is 4.74 Å². The summed E-state index contributed by atoms with van der Waals surface area (Å²) in [6.45, 7) is 7.00. The predicted octanol–water partition coefficient (Wildman–Crippen LogP) is 2.68. The van der Waals surface area contributed by atoms with E-state index in [1.807, 2.05) is 6.92 Å². The van der Waals surface area contributed by atoms with Gasteiger partial charge in [-0.3, -0.25) is 4.68 Å². The minimum Gasteiger partial charge on any atom is -0.462 e. The maximum absolute atomic E-state index is 11.9. The maximum atomic E-state index is 11.9. The van der Waals surface area contributed by atoms with Gasteiger partial charge in [0.1, 0.15) is 10.7 Å². The number of hydrogen-bond donors (Lipinski definition) is 0. The molecular formula is C12H17ClN2O2. The molecule has 1 aliphatic rings. The van der Waals surface area contributed by atoms with Crippen LogP contribution in [0.15, 0.2) is 0 Å². The van der Waals surface area contributed by atoms with Gasteiger partial charge >= 0.3 is 5.97 Å². The van der Waals surface area contributed by atoms with Crippen molar-refractivity contribution in [2.24, 2.45) is 11.8 Å². The van der Waals surface area contributed by atoms with Crippen LogP contribution < -0.4 is 0 Å². The van der Waals surface area contributed by atoms with Crippen LogP contribution in [0.25, 0.3) is 0 Å². The number of rotatable bonds is 4. The van der Waals surface area contributed by atoms with Crippen LogP contribution in [-0.2, 0) is 11.3 Å². The largest absolute Gasteiger partial charge is 0.462 e. The molecule has 0 N–H and O–H groups in total. The van der Waals surface area contributed by atoms with Gasteiger partial charge in [0.15, 0.2) is 0 Å². The number of hydrogen-bond acceptors (Lipinski definition) is 3. The molecule has 0 aromatic carbocycles. The highest BCUT2D eigenvalue weighted by molar-refractivity contribution is 6.32. The number of aromatic nitrogens is 2. The molecule has 0 bridgehead atoms. The second-order valence-electron chi connectivity index (χ2n) is 4.64. The highest BCUT2D eigenvalue weighted by atomic mass is 35.5. The molecule has 0 unspecified atom stereocenters. The Morgan fingerprint density at radius 1 is 1.65 bits per heavy atom. The van der Waals surface area contributed by atoms with Crippen LogP contribution in [0.2, 0.25) is 5.15 Å². The Hall–Kier alpha value is -1.03. The zero-order valence-electron chi connectivity index (χ0n) is 10.4. The van der Waals surface area contributed by atoms with E-state index in [1.165, 1.54) is 0 Å². The molecule has 0 aliphatic heterocycles. The molecule has 2 atom stereocenters. The van der Waals surface area contributed by atoms with Crippen molar-refractivity contribution in [3.8, 4) is 0 Å². The third-order valence-electron chi connectivity index (χ3n) is 3.27. The molecule has 94 valence electrons. The van der Waals surface area contributed by atoms with E-state index in [9.17, 15) is 4.79 Å². The Balaban J connectivity index is 2.05. The van der Waals surface area contributed by atoms with Gasteiger partial charge in [-0.15, -0.1) is 0 Å². The van der Waals surface area contributed by atoms with Crippen LogP contribution in [-0.4, -0.2) is 22.4 Å². The van der Waals surface area contributed by atoms with Crippen molar-refractivity contribution in [3.63, 3.8) is 0 Å². The summed E-state index contributed by atoms with van der Waals surface area (Å²) in [7, 11) is 0. The van der Waals surface area contributed by atoms with E-state index in [1.54, 1.807) is 11.6 Å². The molecule has 17 heavy (non-hydrogen) atoms. The number of carbonyl (C=O) groups is 1. The lowest BCUT2D eigenvalue weighted by molar-refractivity contribution is 0.0480. The van der Waals surface area contributed by atoms with Crippen molar-refractivity contribution in [2.75, 3.05) is 6.61 Å². The molecule has 1 aromatic rings. The number of esters is 1. The Morgan fingerprint density at radius 2 is 2.29 bits per heavy atom. The normalized spacial score (nSPS) is 22.6. The standard InChI is InChI=1S/C12H17ClN2O2/c1-4-15-11(13)10(8(3)14-15)12(16)17-6-9-5-7(9)2/h7,9H,4-6H2,1-3H3/t7-,9-/m0/s1. The van der Waals surface area contributed by atoms with E-state index in [-0.39, 0.29) is 5.97 Å². The zero-order chi connectivity index (χ0) is 12.6. The number of halogens is 1. The average Bonchev–Trinajstić information content (AvgIpc) is 2.91. The lowest BCUT2D eigenvalue weighted by Crippen LogP contribution is -2.09. The summed E-state index contributed by atoms with van der Waals surface area (Å²) in [5.41, 5.74) is 1.03. The van der Waals surface area contributed by atoms with Gasteiger partial charge in [0.25, 0.3) is 0 Å². The van der Waals surface area contributed by atoms with E-state index in [2.05, 4.69) is 12.0 Å². The van der Waals surface area contributed by atoms with Gasteiger partial charge in [-0.2, -0.15) is 5.10 Å². The summed E-state index contributed by atoms with van der Waals surface area (Å²) < 4.78 is 6.87. The van der Waals surface area contributed by atoms with Crippen LogP contribution in [0, 0.1) is 18.8 Å². The van der Waals surface area contributed by atoms with Gasteiger partial charge in [0, 0.05) is 6.54 Å². The molecule has 1 heterocycles. The third-order valence-corrected chi connectivity index (χ3v) is 3.66. The van der Waals surface area contributed by atoms with Crippen molar-refractivity contribution in [3.05, 3.63) is 16.4 Å². The summed E-state index contributed by atoms with van der Waals surface area (Å²) in [5, 5.41) is 4.57. The molecule has 1 aromatic heterocycles. The third kappa shape index (κ3) is 2.46. The minimum atomic E-state index is -0.355. The first-order chi connectivity index (χ1) is 8.04. The number of aryl methyl sites for hydroxylation is 2. The Morgan fingerprint density at radius 3 is 2.76 bits per heavy atom. The Kier molecular flexibility index (Phi) is 3.43. The van der Waals surface area contributed by atoms with Gasteiger partial charge in [0.05, 0.1) is 12.3 Å². The second kappa shape index (κ2) is 4.69. The van der Waals surface area contributed by atoms with Crippen LogP contribution in [0.4, 0.5) is 0 Å². The fraction of sp³-hybridized carbons (Fsp3) is 0.667. The van der Waals surface area contributed by atoms with Crippen LogP contribution in [0.3, 0.4) is 0 Å². The first kappa shape index (κ1) is 12.4. The summed E-state index contributed by atoms with van der Waals surface area (Å²) in [4.78, 5) is 11.9. The summed E-state index contributed by atoms with van der Waals surface area (Å²) in [6, 6.07) is 0. The van der Waals surface area contributed by atoms with Crippen molar-refractivity contribution in [1.82, 2.24) is 9.78 Å². The minimum absolute atomic E-state index is 0.355. The quantitative estimate of drug-likeness (QED) is 0.778. The van der Waals surface area contributed by atoms with Crippen LogP contribution in [0.5, 0.6) is 0 Å². The number of nitrogens with zero attached hydrogens (tertiary/aromatic N) is 2. The van der Waals surface area contributed by atoms with E-state index in [0.717, 1.165) is 6.42 Å². The molecule has 0 amide bonds. The molecule has 5 heteroatoms. The smallest absolute Gasteiger partial charge is 0.343 e. The highest BCUT2D eigenvalue weighted by Gasteiger charge is 2.34. The molecule has 0 radical (unpaired) electrons. The van der Waals surface area contributed by atoms with Gasteiger partial charge in [-0.25, -0.2) is 4.79 Å². The van der Waals surface area contributed by atoms with Crippen molar-refractivity contribution >= 4 is 17.6 Å². The van der Waals surface area contributed by atoms with E-state index in [4.69, 9.17) is 16.3 Å². The molecule has 1 saturated carbocycles. The van der Waals surface area contributed by atoms with E-state index >= 15 is 0 Å². The first-order valence-corrected chi connectivity index (χ1v) is 6.32. The Labute approximate surface area is 106 Å². The van der Waals surface area contributed by atoms with Crippen molar-refractivity contribution in [1.29, 1.82) is 0 Å². The van der Waals surface area contributed by atoms with Crippen LogP contribution in [0.1, 0.15) is 36.3 Å². The summed E-state index contributed by atoms with van der Waals surface area (Å²) in [6.07, 6.45) is 1.15. The Bertz CT molecular complexity index is 442. The lowest BCUT2D eigenvalue weighted by Gasteiger charge is -2.03. The number of ether oxygens (including phenoxy) is 1. The lowest BCUT2D eigenvalue weighted by atomic mass is 10.2. The van der Waals surface area contributed by atoms with Crippen molar-refractivity contribution in [2.45, 2.75) is 33.7 Å². The monoisotopic (exact) mass is 256 g/mol. The van der Waals surface area contributed by atoms with Gasteiger partial charge in [0.2, 0.25) is 0 Å². The summed E-state index contributed by atoms with van der Waals surface area (Å²) >= 11 is 6.08. The average molecular weight is 257 g/mol. The zero-order valence-corrected chi connectivity index (χ0v) is 11.1. The first-order valence-electron chi connectivity index (χ1n) is 5.94. The van der Waals surface area contributed by atoms with Crippen molar-refractivity contribution < 1.29 is 9.53 Å². The fourth-order valence-corrected chi connectivity index (χ4v) is 2.25. The maximum Gasteiger partial charge on any atom is 0.343 e. The fourth-order valence-electron chi connectivity index (χ4n) is 1.88. The molecule has 4 nitrogen and oxygen atoms in total. The molecular weight excluding hydrogens is 240 g/mol. The molecule has 0 saturated heterocycles. The van der Waals surface area contributed by atoms with Crippen LogP contribution >= 0.6 is 11.6 Å². The molecule has 1 aliphatic carbocycles. The SMILES string of the molecule is CCn1nc(C)c(C(=O)OC[C@@H]2C[C@@H]2C)c1Cl. The van der Waals surface area contributed by atoms with E-state index < -0.39 is 0 Å². The van der Waals surface area contributed by atoms with Gasteiger partial charge in [-0.05, 0) is 32.1 Å². The second-order valence-corrected chi connectivity index (χ2v) is 5.00. The molecule has 0 spiro atoms. The predicted molar refractivity (Wildman–Crippen MR) is 65.2 cm³/mol. The molecule has 1 fully saturated rings. The molecule has 2 rings (SSSR count). The highest BCUT2D eigenvalue weighted by Crippen LogP contribution is 2.37. The summed E-state index contributed by atoms with van der Waals surface area (Å²) in [5.74, 6) is 0.850. The van der Waals surface area contributed by atoms with E-state index in [0.29, 0.717) is 41.4 Å². The number of carbonyl (C=O) groups excluding carboxylic acids is 1.